The van der Waals surface area contributed by atoms with E-state index >= 15 is 0 Å². The number of halogens is 3. The first-order valence-electron chi connectivity index (χ1n) is 8.71. The van der Waals surface area contributed by atoms with Crippen molar-refractivity contribution in [2.45, 2.75) is 12.7 Å². The summed E-state index contributed by atoms with van der Waals surface area (Å²) in [6.07, 6.45) is -3.11. The number of pyridine rings is 1. The Morgan fingerprint density at radius 3 is 2.07 bits per heavy atom. The highest BCUT2D eigenvalue weighted by Gasteiger charge is 2.29. The summed E-state index contributed by atoms with van der Waals surface area (Å²) in [6.45, 7) is 0.00536. The van der Waals surface area contributed by atoms with E-state index in [9.17, 15) is 27.6 Å². The summed E-state index contributed by atoms with van der Waals surface area (Å²) in [5.41, 5.74) is 5.35. The Morgan fingerprint density at radius 1 is 0.900 bits per heavy atom. The van der Waals surface area contributed by atoms with E-state index in [0.29, 0.717) is 11.3 Å². The number of nitrogens with zero attached hydrogens (tertiary/aromatic N) is 1. The van der Waals surface area contributed by atoms with Gasteiger partial charge in [0.05, 0.1) is 17.7 Å². The van der Waals surface area contributed by atoms with Gasteiger partial charge in [0.25, 0.3) is 11.5 Å². The van der Waals surface area contributed by atoms with E-state index in [-0.39, 0.29) is 17.7 Å². The van der Waals surface area contributed by atoms with E-state index in [0.717, 1.165) is 12.1 Å². The zero-order valence-electron chi connectivity index (χ0n) is 15.4. The van der Waals surface area contributed by atoms with Gasteiger partial charge < -0.3 is 15.6 Å². The van der Waals surface area contributed by atoms with Gasteiger partial charge in [-0.05, 0) is 48.0 Å². The van der Waals surface area contributed by atoms with Crippen LogP contribution in [0.1, 0.15) is 31.8 Å². The molecule has 0 unspecified atom stereocenters. The summed E-state index contributed by atoms with van der Waals surface area (Å²) in [5, 5.41) is 2.63. The number of anilines is 1. The first-order chi connectivity index (χ1) is 14.1. The molecule has 0 spiro atoms. The van der Waals surface area contributed by atoms with E-state index in [1.165, 1.54) is 59.3 Å². The van der Waals surface area contributed by atoms with Crippen molar-refractivity contribution < 1.29 is 22.8 Å². The topological polar surface area (TPSA) is 94.2 Å². The summed E-state index contributed by atoms with van der Waals surface area (Å²) < 4.78 is 39.2. The Labute approximate surface area is 168 Å². The second kappa shape index (κ2) is 8.24. The Kier molecular flexibility index (Phi) is 5.72. The molecule has 0 fully saturated rings. The van der Waals surface area contributed by atoms with Crippen molar-refractivity contribution in [3.63, 3.8) is 0 Å². The van der Waals surface area contributed by atoms with Crippen LogP contribution in [0, 0.1) is 0 Å². The van der Waals surface area contributed by atoms with Crippen molar-refractivity contribution in [3.05, 3.63) is 99.5 Å². The van der Waals surface area contributed by atoms with E-state index in [1.54, 1.807) is 0 Å². The van der Waals surface area contributed by atoms with Crippen molar-refractivity contribution in [3.8, 4) is 0 Å². The minimum absolute atomic E-state index is 0.00536. The molecule has 6 nitrogen and oxygen atoms in total. The van der Waals surface area contributed by atoms with Crippen LogP contribution in [-0.4, -0.2) is 16.4 Å². The van der Waals surface area contributed by atoms with Crippen molar-refractivity contribution in [2.75, 3.05) is 5.32 Å². The lowest BCUT2D eigenvalue weighted by molar-refractivity contribution is -0.137. The molecule has 3 N–H and O–H groups in total. The van der Waals surface area contributed by atoms with Crippen LogP contribution in [0.3, 0.4) is 0 Å². The summed E-state index contributed by atoms with van der Waals surface area (Å²) in [5.74, 6) is -1.09. The molecular weight excluding hydrogens is 399 g/mol. The van der Waals surface area contributed by atoms with Gasteiger partial charge in [0.15, 0.2) is 0 Å². The smallest absolute Gasteiger partial charge is 0.366 e. The van der Waals surface area contributed by atoms with Gasteiger partial charge in [-0.2, -0.15) is 13.2 Å². The van der Waals surface area contributed by atoms with Crippen molar-refractivity contribution in [2.24, 2.45) is 5.73 Å². The monoisotopic (exact) mass is 415 g/mol. The molecule has 3 aromatic rings. The number of hydrogen-bond donors (Lipinski definition) is 2. The van der Waals surface area contributed by atoms with E-state index in [1.807, 2.05) is 0 Å². The fourth-order valence-electron chi connectivity index (χ4n) is 2.71. The highest BCUT2D eigenvalue weighted by Crippen LogP contribution is 2.29. The van der Waals surface area contributed by atoms with Crippen LogP contribution >= 0.6 is 0 Å². The van der Waals surface area contributed by atoms with Crippen LogP contribution < -0.4 is 16.6 Å². The second-order valence-corrected chi connectivity index (χ2v) is 6.47. The number of primary amides is 1. The molecule has 0 bridgehead atoms. The van der Waals surface area contributed by atoms with Gasteiger partial charge in [0.2, 0.25) is 5.91 Å². The number of benzene rings is 2. The maximum Gasteiger partial charge on any atom is 0.416 e. The largest absolute Gasteiger partial charge is 0.416 e. The molecule has 30 heavy (non-hydrogen) atoms. The van der Waals surface area contributed by atoms with Gasteiger partial charge in [-0.3, -0.25) is 14.4 Å². The SMILES string of the molecule is NC(=O)c1ccc(NC(=O)c2ccc(=O)n(Cc3ccc(C(F)(F)F)cc3)c2)cc1. The third-order valence-corrected chi connectivity index (χ3v) is 4.31. The first kappa shape index (κ1) is 20.8. The lowest BCUT2D eigenvalue weighted by atomic mass is 10.1. The molecule has 3 rings (SSSR count). The number of amides is 2. The Morgan fingerprint density at radius 2 is 1.50 bits per heavy atom. The predicted molar refractivity (Wildman–Crippen MR) is 104 cm³/mol. The molecule has 2 aromatic carbocycles. The standard InChI is InChI=1S/C21H16F3N3O3/c22-21(23,24)16-6-1-13(2-7-16)11-27-12-15(5-10-18(27)28)20(30)26-17-8-3-14(4-9-17)19(25)29/h1-10,12H,11H2,(H2,25,29)(H,26,30). The van der Waals surface area contributed by atoms with Gasteiger partial charge in [-0.25, -0.2) is 0 Å². The molecule has 0 radical (unpaired) electrons. The van der Waals surface area contributed by atoms with Crippen LogP contribution in [-0.2, 0) is 12.7 Å². The maximum atomic E-state index is 12.7. The molecular formula is C21H16F3N3O3. The zero-order valence-corrected chi connectivity index (χ0v) is 15.4. The average Bonchev–Trinajstić information content (AvgIpc) is 2.69. The highest BCUT2D eigenvalue weighted by atomic mass is 19.4. The number of rotatable bonds is 5. The molecule has 0 atom stereocenters. The van der Waals surface area contributed by atoms with E-state index in [2.05, 4.69) is 5.32 Å². The molecule has 154 valence electrons. The molecule has 1 aromatic heterocycles. The fourth-order valence-corrected chi connectivity index (χ4v) is 2.71. The van der Waals surface area contributed by atoms with Crippen molar-refractivity contribution in [1.29, 1.82) is 0 Å². The van der Waals surface area contributed by atoms with Gasteiger partial charge in [-0.15, -0.1) is 0 Å². The van der Waals surface area contributed by atoms with Crippen LogP contribution in [0.15, 0.2) is 71.7 Å². The molecule has 2 amide bonds. The van der Waals surface area contributed by atoms with Crippen molar-refractivity contribution >= 4 is 17.5 Å². The van der Waals surface area contributed by atoms with Gasteiger partial charge >= 0.3 is 6.18 Å². The van der Waals surface area contributed by atoms with Crippen LogP contribution in [0.25, 0.3) is 0 Å². The molecule has 0 aliphatic carbocycles. The summed E-state index contributed by atoms with van der Waals surface area (Å²) in [4.78, 5) is 35.6. The normalized spacial score (nSPS) is 11.2. The summed E-state index contributed by atoms with van der Waals surface area (Å²) >= 11 is 0. The first-order valence-corrected chi connectivity index (χ1v) is 8.71. The van der Waals surface area contributed by atoms with Crippen LogP contribution in [0.4, 0.5) is 18.9 Å². The number of nitrogens with one attached hydrogen (secondary N) is 1. The molecule has 0 saturated carbocycles. The minimum Gasteiger partial charge on any atom is -0.366 e. The summed E-state index contributed by atoms with van der Waals surface area (Å²) in [7, 11) is 0. The Hall–Kier alpha value is -3.88. The summed E-state index contributed by atoms with van der Waals surface area (Å²) in [6, 6.07) is 12.9. The second-order valence-electron chi connectivity index (χ2n) is 6.47. The number of aromatic nitrogens is 1. The van der Waals surface area contributed by atoms with Crippen LogP contribution in [0.2, 0.25) is 0 Å². The minimum atomic E-state index is -4.44. The third kappa shape index (κ3) is 4.93. The molecule has 1 heterocycles. The molecule has 0 aliphatic rings. The van der Waals surface area contributed by atoms with E-state index in [4.69, 9.17) is 5.73 Å². The average molecular weight is 415 g/mol. The quantitative estimate of drug-likeness (QED) is 0.670. The fraction of sp³-hybridized carbons (Fsp3) is 0.0952. The van der Waals surface area contributed by atoms with E-state index < -0.39 is 29.1 Å². The zero-order chi connectivity index (χ0) is 21.9. The number of alkyl halides is 3. The molecule has 0 aliphatic heterocycles. The molecule has 9 heteroatoms. The third-order valence-electron chi connectivity index (χ3n) is 4.31. The lowest BCUT2D eigenvalue weighted by Gasteiger charge is -2.11. The van der Waals surface area contributed by atoms with Gasteiger partial charge in [-0.1, -0.05) is 12.1 Å². The van der Waals surface area contributed by atoms with Crippen LogP contribution in [0.5, 0.6) is 0 Å². The van der Waals surface area contributed by atoms with Crippen molar-refractivity contribution in [1.82, 2.24) is 4.57 Å². The predicted octanol–water partition coefficient (Wildman–Crippen LogP) is 3.27. The van der Waals surface area contributed by atoms with Gasteiger partial charge in [0, 0.05) is 23.5 Å². The number of carbonyl (C=O) groups is 2. The molecule has 0 saturated heterocycles. The number of hydrogen-bond acceptors (Lipinski definition) is 3. The van der Waals surface area contributed by atoms with Gasteiger partial charge in [0.1, 0.15) is 0 Å². The lowest BCUT2D eigenvalue weighted by Crippen LogP contribution is -2.22. The maximum absolute atomic E-state index is 12.7. The Balaban J connectivity index is 1.76. The number of nitrogens with two attached hydrogens (primary N) is 1. The Bertz CT molecular complexity index is 1140. The highest BCUT2D eigenvalue weighted by molar-refractivity contribution is 6.04. The number of carbonyl (C=O) groups excluding carboxylic acids is 2.